The van der Waals surface area contributed by atoms with Gasteiger partial charge in [-0.05, 0) is 96.0 Å². The normalized spacial score (nSPS) is 13.1. The van der Waals surface area contributed by atoms with E-state index in [1.165, 1.54) is 0 Å². The van der Waals surface area contributed by atoms with E-state index >= 15 is 0 Å². The number of benzene rings is 8. The Hall–Kier alpha value is -5.55. The number of hydrogen-bond acceptors (Lipinski definition) is 3. The van der Waals surface area contributed by atoms with E-state index in [-0.39, 0.29) is 33.1 Å². The predicted molar refractivity (Wildman–Crippen MR) is 243 cm³/mol. The number of para-hydroxylation sites is 2. The van der Waals surface area contributed by atoms with Gasteiger partial charge in [-0.3, -0.25) is 4.57 Å². The molecule has 9 aromatic rings. The molecule has 8 aromatic carbocycles. The van der Waals surface area contributed by atoms with E-state index in [9.17, 15) is 10.2 Å². The Morgan fingerprint density at radius 1 is 0.474 bits per heavy atom. The Morgan fingerprint density at radius 3 is 1.54 bits per heavy atom. The van der Waals surface area contributed by atoms with E-state index in [4.69, 9.17) is 62.8 Å². The molecule has 0 amide bonds. The highest BCUT2D eigenvalue weighted by molar-refractivity contribution is 6.68. The monoisotopic (exact) mass is 712 g/mol. The zero-order valence-electron chi connectivity index (χ0n) is 30.6. The van der Waals surface area contributed by atoms with Crippen LogP contribution in [0, 0.1) is 0 Å². The minimum absolute atomic E-state index is 0.111. The second-order valence-corrected chi connectivity index (χ2v) is 14.4. The predicted octanol–water partition coefficient (Wildman–Crippen LogP) is 2.75. The zero-order valence-corrected chi connectivity index (χ0v) is 30.6. The van der Waals surface area contributed by atoms with Crippen LogP contribution in [0.15, 0.2) is 133 Å². The molecule has 1 atom stereocenters. The summed E-state index contributed by atoms with van der Waals surface area (Å²) in [5.41, 5.74) is 5.62. The van der Waals surface area contributed by atoms with Crippen molar-refractivity contribution in [1.29, 1.82) is 0 Å². The summed E-state index contributed by atoms with van der Waals surface area (Å²) in [5.74, 6) is -0.111. The van der Waals surface area contributed by atoms with Crippen molar-refractivity contribution in [1.82, 2.24) is 9.55 Å². The Balaban J connectivity index is 1.25. The van der Waals surface area contributed by atoms with Gasteiger partial charge in [-0.2, -0.15) is 0 Å². The van der Waals surface area contributed by atoms with Gasteiger partial charge in [0, 0.05) is 11.1 Å². The van der Waals surface area contributed by atoms with Crippen molar-refractivity contribution in [2.24, 2.45) is 0 Å². The molecule has 0 aliphatic heterocycles. The van der Waals surface area contributed by atoms with Crippen molar-refractivity contribution in [3.63, 3.8) is 0 Å². The molecule has 1 unspecified atom stereocenters. The summed E-state index contributed by atoms with van der Waals surface area (Å²) >= 11 is 0. The zero-order chi connectivity index (χ0) is 40.0. The van der Waals surface area contributed by atoms with E-state index in [2.05, 4.69) is 53.5 Å². The molecule has 250 valence electrons. The molecule has 0 fully saturated rings. The summed E-state index contributed by atoms with van der Waals surface area (Å²) in [6, 6.07) is 44.0. The summed E-state index contributed by atoms with van der Waals surface area (Å²) in [7, 11) is 49.8. The topological polar surface area (TPSA) is 58.3 Å². The number of nitrogens with zero attached hydrogens (tertiary/aromatic N) is 2. The van der Waals surface area contributed by atoms with Gasteiger partial charge in [0.2, 0.25) is 0 Å². The molecular weight excluding hydrogens is 687 g/mol. The van der Waals surface area contributed by atoms with Crippen LogP contribution in [0.3, 0.4) is 0 Å². The third-order valence-corrected chi connectivity index (χ3v) is 11.0. The molecule has 1 heterocycles. The van der Waals surface area contributed by atoms with Gasteiger partial charge in [0.1, 0.15) is 68.6 Å². The van der Waals surface area contributed by atoms with E-state index in [1.54, 1.807) is 10.6 Å². The minimum Gasteiger partial charge on any atom is -0.407 e. The first-order valence-electron chi connectivity index (χ1n) is 18.2. The number of fused-ring (bicyclic) bond motifs is 4. The third-order valence-electron chi connectivity index (χ3n) is 11.0. The molecule has 2 N–H and O–H groups in total. The Labute approximate surface area is 341 Å². The Kier molecular flexibility index (Phi) is 8.80. The lowest BCUT2D eigenvalue weighted by Gasteiger charge is -2.37. The van der Waals surface area contributed by atoms with E-state index < -0.39 is 10.9 Å². The Bertz CT molecular complexity index is 3030. The average molecular weight is 711 g/mol. The molecule has 57 heavy (non-hydrogen) atoms. The first-order chi connectivity index (χ1) is 27.3. The number of aromatic nitrogens is 2. The fourth-order valence-electron chi connectivity index (χ4n) is 8.04. The summed E-state index contributed by atoms with van der Waals surface area (Å²) in [5, 5.41) is 25.0. The van der Waals surface area contributed by atoms with E-state index in [0.29, 0.717) is 22.3 Å². The molecule has 0 aliphatic carbocycles. The summed E-state index contributed by atoms with van der Waals surface area (Å²) in [6.07, 6.45) is 0. The van der Waals surface area contributed by atoms with Crippen LogP contribution in [-0.4, -0.2) is 87.9 Å². The SMILES string of the molecule is [B]c1c([B])c([B])c(-c2ccccc2-c2c3ccccc3c(-c3ccc4cc(-n5c(C([B])(O)C([B])([B])O)nc6ccccc65)ccc4c3)c3ccccc23)c([B])c1[B]. The minimum atomic E-state index is -2.68. The maximum atomic E-state index is 11.2. The quantitative estimate of drug-likeness (QED) is 0.206. The molecule has 0 bridgehead atoms. The van der Waals surface area contributed by atoms with E-state index in [0.717, 1.165) is 60.1 Å². The first-order valence-corrected chi connectivity index (χ1v) is 18.2. The van der Waals surface area contributed by atoms with Gasteiger partial charge in [0.15, 0.2) is 0 Å². The highest BCUT2D eigenvalue weighted by Gasteiger charge is 2.41. The van der Waals surface area contributed by atoms with Crippen LogP contribution in [0.5, 0.6) is 0 Å². The second-order valence-electron chi connectivity index (χ2n) is 14.4. The highest BCUT2D eigenvalue weighted by atomic mass is 16.3. The maximum absolute atomic E-state index is 11.2. The van der Waals surface area contributed by atoms with Gasteiger partial charge < -0.3 is 10.2 Å². The molecule has 12 heteroatoms. The van der Waals surface area contributed by atoms with E-state index in [1.807, 2.05) is 78.9 Å². The summed E-state index contributed by atoms with van der Waals surface area (Å²) in [6.45, 7) is 0. The lowest BCUT2D eigenvalue weighted by Crippen LogP contribution is -2.55. The summed E-state index contributed by atoms with van der Waals surface area (Å²) < 4.78 is 1.65. The van der Waals surface area contributed by atoms with Gasteiger partial charge in [-0.15, -0.1) is 16.4 Å². The standard InChI is InChI=1S/C45H24B8N2O2/c46-38-37(39(47)41(49)42(50)40(38)48)32-14-6-5-13-31(32)36-29-11-3-1-9-27(29)35(28-10-2-4-12-30(28)36)25-18-17-24-22-26(20-19-23(24)21-25)55-34-16-8-7-15-33(34)54-43(55)44(51,56)45(52,53)57/h1-22,56-57H. The highest BCUT2D eigenvalue weighted by Crippen LogP contribution is 2.46. The first kappa shape index (κ1) is 37.1. The fourth-order valence-corrected chi connectivity index (χ4v) is 8.04. The largest absolute Gasteiger partial charge is 0.407 e. The van der Waals surface area contributed by atoms with Crippen molar-refractivity contribution < 1.29 is 10.2 Å². The maximum Gasteiger partial charge on any atom is 0.138 e. The Morgan fingerprint density at radius 2 is 0.947 bits per heavy atom. The van der Waals surface area contributed by atoms with Crippen LogP contribution in [0.4, 0.5) is 0 Å². The number of imidazole rings is 1. The lowest BCUT2D eigenvalue weighted by molar-refractivity contribution is -0.00426. The third kappa shape index (κ3) is 5.75. The lowest BCUT2D eigenvalue weighted by atomic mass is 9.49. The molecule has 9 rings (SSSR count). The van der Waals surface area contributed by atoms with Crippen molar-refractivity contribution in [3.05, 3.63) is 139 Å². The number of aliphatic hydroxyl groups is 2. The van der Waals surface area contributed by atoms with Gasteiger partial charge in [-0.1, -0.05) is 114 Å². The molecular formula is C45H24B8N2O2. The summed E-state index contributed by atoms with van der Waals surface area (Å²) in [4.78, 5) is 4.53. The molecule has 0 spiro atoms. The van der Waals surface area contributed by atoms with Crippen molar-refractivity contribution in [2.45, 2.75) is 10.9 Å². The second kappa shape index (κ2) is 13.5. The van der Waals surface area contributed by atoms with Crippen molar-refractivity contribution >= 4 is 133 Å². The molecule has 1 aromatic heterocycles. The van der Waals surface area contributed by atoms with Crippen molar-refractivity contribution in [3.8, 4) is 39.1 Å². The fraction of sp³-hybridized carbons (Fsp3) is 0.0444. The molecule has 0 saturated carbocycles. The number of rotatable bonds is 6. The van der Waals surface area contributed by atoms with Gasteiger partial charge in [0.25, 0.3) is 0 Å². The molecule has 16 radical (unpaired) electrons. The van der Waals surface area contributed by atoms with Crippen LogP contribution in [-0.2, 0) is 5.50 Å². The molecule has 4 nitrogen and oxygen atoms in total. The van der Waals surface area contributed by atoms with Crippen LogP contribution >= 0.6 is 0 Å². The van der Waals surface area contributed by atoms with Gasteiger partial charge in [-0.25, -0.2) is 4.98 Å². The van der Waals surface area contributed by atoms with Crippen LogP contribution < -0.4 is 27.3 Å². The molecule has 0 saturated heterocycles. The van der Waals surface area contributed by atoms with Crippen LogP contribution in [0.1, 0.15) is 5.82 Å². The molecule has 0 aliphatic rings. The van der Waals surface area contributed by atoms with Gasteiger partial charge >= 0.3 is 0 Å². The number of hydrogen-bond donors (Lipinski definition) is 2. The van der Waals surface area contributed by atoms with Crippen LogP contribution in [0.2, 0.25) is 0 Å². The smallest absolute Gasteiger partial charge is 0.138 e. The van der Waals surface area contributed by atoms with Gasteiger partial charge in [0.05, 0.1) is 16.5 Å². The van der Waals surface area contributed by atoms with Crippen molar-refractivity contribution in [2.75, 3.05) is 0 Å². The average Bonchev–Trinajstić information content (AvgIpc) is 3.61. The van der Waals surface area contributed by atoms with Crippen LogP contribution in [0.25, 0.3) is 82.4 Å².